The summed E-state index contributed by atoms with van der Waals surface area (Å²) in [6, 6.07) is 0. The SMILES string of the molecule is O=S1(=O)CCCN1CCS. The second-order valence-corrected chi connectivity index (χ2v) is 4.83. The van der Waals surface area contributed by atoms with Gasteiger partial charge >= 0.3 is 0 Å². The Balaban J connectivity index is 2.60. The van der Waals surface area contributed by atoms with Crippen molar-refractivity contribution in [2.75, 3.05) is 24.6 Å². The predicted molar refractivity (Wildman–Crippen MR) is 43.8 cm³/mol. The van der Waals surface area contributed by atoms with Crippen LogP contribution in [0.3, 0.4) is 0 Å². The average molecular weight is 181 g/mol. The van der Waals surface area contributed by atoms with Crippen LogP contribution in [0.25, 0.3) is 0 Å². The summed E-state index contributed by atoms with van der Waals surface area (Å²) in [5.41, 5.74) is 0. The normalized spacial score (nSPS) is 25.3. The fourth-order valence-electron chi connectivity index (χ4n) is 1.05. The number of hydrogen-bond donors (Lipinski definition) is 1. The second kappa shape index (κ2) is 3.11. The maximum atomic E-state index is 11.0. The quantitative estimate of drug-likeness (QED) is 0.607. The second-order valence-electron chi connectivity index (χ2n) is 2.29. The molecule has 1 saturated heterocycles. The molecule has 0 saturated carbocycles. The molecule has 1 fully saturated rings. The van der Waals surface area contributed by atoms with Crippen LogP contribution in [-0.2, 0) is 10.0 Å². The van der Waals surface area contributed by atoms with Crippen molar-refractivity contribution in [2.45, 2.75) is 6.42 Å². The zero-order valence-electron chi connectivity index (χ0n) is 5.65. The Kier molecular flexibility index (Phi) is 2.60. The van der Waals surface area contributed by atoms with E-state index in [-0.39, 0.29) is 0 Å². The number of nitrogens with zero attached hydrogens (tertiary/aromatic N) is 1. The molecule has 0 amide bonds. The predicted octanol–water partition coefficient (Wildman–Crippen LogP) is -0.0483. The van der Waals surface area contributed by atoms with Crippen molar-refractivity contribution in [2.24, 2.45) is 0 Å². The fraction of sp³-hybridized carbons (Fsp3) is 1.00. The fourth-order valence-corrected chi connectivity index (χ4v) is 2.96. The van der Waals surface area contributed by atoms with Gasteiger partial charge in [-0.3, -0.25) is 0 Å². The van der Waals surface area contributed by atoms with Crippen molar-refractivity contribution in [1.82, 2.24) is 4.31 Å². The zero-order valence-corrected chi connectivity index (χ0v) is 7.37. The Bertz CT molecular complexity index is 200. The Hall–Kier alpha value is 0.260. The topological polar surface area (TPSA) is 37.4 Å². The van der Waals surface area contributed by atoms with Crippen LogP contribution in [0.4, 0.5) is 0 Å². The first-order chi connectivity index (χ1) is 4.67. The molecule has 0 radical (unpaired) electrons. The maximum Gasteiger partial charge on any atom is 0.214 e. The summed E-state index contributed by atoms with van der Waals surface area (Å²) in [5.74, 6) is 0.931. The van der Waals surface area contributed by atoms with Crippen LogP contribution in [0.15, 0.2) is 0 Å². The van der Waals surface area contributed by atoms with Crippen molar-refractivity contribution in [1.29, 1.82) is 0 Å². The number of sulfonamides is 1. The van der Waals surface area contributed by atoms with E-state index in [4.69, 9.17) is 0 Å². The minimum atomic E-state index is -2.86. The number of rotatable bonds is 2. The lowest BCUT2D eigenvalue weighted by Crippen LogP contribution is -2.27. The first kappa shape index (κ1) is 8.36. The number of hydrogen-bond acceptors (Lipinski definition) is 3. The molecule has 10 heavy (non-hydrogen) atoms. The van der Waals surface area contributed by atoms with Gasteiger partial charge in [-0.05, 0) is 6.42 Å². The summed E-state index contributed by atoms with van der Waals surface area (Å²) in [6.45, 7) is 1.24. The van der Waals surface area contributed by atoms with Gasteiger partial charge in [0.2, 0.25) is 10.0 Å². The van der Waals surface area contributed by atoms with E-state index in [0.29, 0.717) is 24.6 Å². The molecule has 0 aromatic carbocycles. The molecular formula is C5H11NO2S2. The van der Waals surface area contributed by atoms with Gasteiger partial charge in [0.1, 0.15) is 0 Å². The largest absolute Gasteiger partial charge is 0.214 e. The highest BCUT2D eigenvalue weighted by Crippen LogP contribution is 2.12. The Morgan fingerprint density at radius 2 is 2.20 bits per heavy atom. The molecule has 0 atom stereocenters. The molecule has 60 valence electrons. The minimum absolute atomic E-state index is 0.320. The third-order valence-corrected chi connectivity index (χ3v) is 3.71. The standard InChI is InChI=1S/C5H11NO2S2/c7-10(8)5-1-2-6(10)3-4-9/h9H,1-5H2. The van der Waals surface area contributed by atoms with Gasteiger partial charge in [-0.15, -0.1) is 0 Å². The van der Waals surface area contributed by atoms with Gasteiger partial charge in [-0.1, -0.05) is 0 Å². The summed E-state index contributed by atoms with van der Waals surface area (Å²) >= 11 is 3.97. The molecule has 0 spiro atoms. The van der Waals surface area contributed by atoms with Gasteiger partial charge in [0.05, 0.1) is 5.75 Å². The molecule has 5 heteroatoms. The van der Waals surface area contributed by atoms with Crippen molar-refractivity contribution < 1.29 is 8.42 Å². The van der Waals surface area contributed by atoms with Crippen LogP contribution in [0.2, 0.25) is 0 Å². The van der Waals surface area contributed by atoms with Crippen LogP contribution in [-0.4, -0.2) is 37.3 Å². The monoisotopic (exact) mass is 181 g/mol. The molecule has 0 bridgehead atoms. The van der Waals surface area contributed by atoms with Crippen LogP contribution in [0.5, 0.6) is 0 Å². The Labute approximate surface area is 66.9 Å². The molecule has 0 aromatic heterocycles. The third-order valence-electron chi connectivity index (χ3n) is 1.55. The van der Waals surface area contributed by atoms with E-state index < -0.39 is 10.0 Å². The van der Waals surface area contributed by atoms with E-state index in [9.17, 15) is 8.42 Å². The van der Waals surface area contributed by atoms with E-state index in [1.54, 1.807) is 0 Å². The lowest BCUT2D eigenvalue weighted by molar-refractivity contribution is 0.466. The molecule has 3 nitrogen and oxygen atoms in total. The first-order valence-electron chi connectivity index (χ1n) is 3.25. The zero-order chi connectivity index (χ0) is 7.61. The van der Waals surface area contributed by atoms with Crippen LogP contribution >= 0.6 is 12.6 Å². The molecule has 1 aliphatic heterocycles. The third kappa shape index (κ3) is 1.65. The number of thiol groups is 1. The summed E-state index contributed by atoms with van der Waals surface area (Å²) in [5, 5.41) is 0. The average Bonchev–Trinajstić information content (AvgIpc) is 2.13. The first-order valence-corrected chi connectivity index (χ1v) is 5.49. The molecule has 0 aliphatic carbocycles. The molecule has 1 aliphatic rings. The minimum Gasteiger partial charge on any atom is -0.212 e. The maximum absolute atomic E-state index is 11.0. The van der Waals surface area contributed by atoms with Gasteiger partial charge in [-0.25, -0.2) is 12.7 Å². The molecular weight excluding hydrogens is 170 g/mol. The summed E-state index contributed by atoms with van der Waals surface area (Å²) in [4.78, 5) is 0. The summed E-state index contributed by atoms with van der Waals surface area (Å²) in [6.07, 6.45) is 0.774. The van der Waals surface area contributed by atoms with E-state index >= 15 is 0 Å². The van der Waals surface area contributed by atoms with E-state index in [2.05, 4.69) is 12.6 Å². The lowest BCUT2D eigenvalue weighted by Gasteiger charge is -2.11. The Morgan fingerprint density at radius 1 is 1.50 bits per heavy atom. The van der Waals surface area contributed by atoms with Gasteiger partial charge in [0, 0.05) is 18.8 Å². The van der Waals surface area contributed by atoms with Gasteiger partial charge < -0.3 is 0 Å². The highest BCUT2D eigenvalue weighted by atomic mass is 32.2. The smallest absolute Gasteiger partial charge is 0.212 e. The Morgan fingerprint density at radius 3 is 2.60 bits per heavy atom. The van der Waals surface area contributed by atoms with Crippen molar-refractivity contribution in [3.05, 3.63) is 0 Å². The summed E-state index contributed by atoms with van der Waals surface area (Å²) < 4.78 is 23.6. The molecule has 0 unspecified atom stereocenters. The highest BCUT2D eigenvalue weighted by molar-refractivity contribution is 7.89. The summed E-state index contributed by atoms with van der Waals surface area (Å²) in [7, 11) is -2.86. The van der Waals surface area contributed by atoms with E-state index in [0.717, 1.165) is 6.42 Å². The molecule has 1 rings (SSSR count). The van der Waals surface area contributed by atoms with Crippen LogP contribution < -0.4 is 0 Å². The molecule has 1 heterocycles. The van der Waals surface area contributed by atoms with Crippen molar-refractivity contribution in [3.8, 4) is 0 Å². The van der Waals surface area contributed by atoms with Crippen LogP contribution in [0, 0.1) is 0 Å². The molecule has 0 N–H and O–H groups in total. The lowest BCUT2D eigenvalue weighted by atomic mass is 10.5. The van der Waals surface area contributed by atoms with Gasteiger partial charge in [0.15, 0.2) is 0 Å². The van der Waals surface area contributed by atoms with Crippen molar-refractivity contribution >= 4 is 22.7 Å². The van der Waals surface area contributed by atoms with Crippen molar-refractivity contribution in [3.63, 3.8) is 0 Å². The van der Waals surface area contributed by atoms with Crippen LogP contribution in [0.1, 0.15) is 6.42 Å². The van der Waals surface area contributed by atoms with Gasteiger partial charge in [0.25, 0.3) is 0 Å². The highest BCUT2D eigenvalue weighted by Gasteiger charge is 2.26. The van der Waals surface area contributed by atoms with Gasteiger partial charge in [-0.2, -0.15) is 12.6 Å². The van der Waals surface area contributed by atoms with E-state index in [1.165, 1.54) is 4.31 Å². The molecule has 0 aromatic rings. The van der Waals surface area contributed by atoms with E-state index in [1.807, 2.05) is 0 Å².